The first-order valence-electron chi connectivity index (χ1n) is 12.1. The van der Waals surface area contributed by atoms with Gasteiger partial charge in [-0.1, -0.05) is 78.1 Å². The molecule has 0 aliphatic carbocycles. The highest BCUT2D eigenvalue weighted by Crippen LogP contribution is 2.24. The maximum absolute atomic E-state index is 11.9. The molecule has 0 atom stereocenters. The molecule has 0 bridgehead atoms. The highest BCUT2D eigenvalue weighted by Gasteiger charge is 2.17. The van der Waals surface area contributed by atoms with Crippen LogP contribution in [0.4, 0.5) is 15.3 Å². The number of carbonyl (C=O) groups excluding carboxylic acids is 2. The van der Waals surface area contributed by atoms with Gasteiger partial charge in [0.2, 0.25) is 0 Å². The summed E-state index contributed by atoms with van der Waals surface area (Å²) in [7, 11) is 0. The predicted octanol–water partition coefficient (Wildman–Crippen LogP) is 7.17. The highest BCUT2D eigenvalue weighted by molar-refractivity contribution is 5.94. The third-order valence-electron chi connectivity index (χ3n) is 5.10. The molecule has 0 heterocycles. The molecule has 1 aromatic carbocycles. The average molecular weight is 466 g/mol. The number of rotatable bonds is 17. The van der Waals surface area contributed by atoms with Crippen LogP contribution in [0.25, 0.3) is 0 Å². The molecule has 0 radical (unpaired) electrons. The molecule has 0 aliphatic heterocycles. The molecular weight excluding hydrogens is 426 g/mol. The molecule has 0 spiro atoms. The molecule has 1 aromatic rings. The molecule has 0 saturated heterocycles. The van der Waals surface area contributed by atoms with Crippen LogP contribution < -0.4 is 10.1 Å². The summed E-state index contributed by atoms with van der Waals surface area (Å²) in [6, 6.07) is 3.96. The number of ether oxygens (including phenoxy) is 3. The summed E-state index contributed by atoms with van der Waals surface area (Å²) in [5, 5.41) is 11.9. The highest BCUT2D eigenvalue weighted by atomic mass is 16.7. The lowest BCUT2D eigenvalue weighted by Crippen LogP contribution is -2.16. The van der Waals surface area contributed by atoms with Crippen molar-refractivity contribution < 1.29 is 33.7 Å². The third-order valence-corrected chi connectivity index (χ3v) is 5.10. The van der Waals surface area contributed by atoms with Gasteiger partial charge in [0.15, 0.2) is 0 Å². The summed E-state index contributed by atoms with van der Waals surface area (Å²) < 4.78 is 15.2. The first kappa shape index (κ1) is 28.3. The fourth-order valence-electron chi connectivity index (χ4n) is 3.22. The van der Waals surface area contributed by atoms with Crippen molar-refractivity contribution in [1.82, 2.24) is 0 Å². The van der Waals surface area contributed by atoms with Crippen molar-refractivity contribution in [2.75, 3.05) is 18.5 Å². The smallest absolute Gasteiger partial charge is 0.478 e. The largest absolute Gasteiger partial charge is 0.513 e. The zero-order valence-electron chi connectivity index (χ0n) is 20.0. The van der Waals surface area contributed by atoms with Crippen LogP contribution in [0.3, 0.4) is 0 Å². The van der Waals surface area contributed by atoms with Crippen LogP contribution in [0.5, 0.6) is 5.75 Å². The molecule has 8 nitrogen and oxygen atoms in total. The van der Waals surface area contributed by atoms with E-state index in [1.165, 1.54) is 50.3 Å². The first-order valence-corrected chi connectivity index (χ1v) is 12.1. The number of hydrogen-bond donors (Lipinski definition) is 2. The van der Waals surface area contributed by atoms with Gasteiger partial charge in [-0.2, -0.15) is 0 Å². The maximum atomic E-state index is 11.9. The second-order valence-electron chi connectivity index (χ2n) is 8.01. The van der Waals surface area contributed by atoms with Crippen LogP contribution in [0.2, 0.25) is 0 Å². The van der Waals surface area contributed by atoms with Crippen molar-refractivity contribution in [3.8, 4) is 5.75 Å². The Morgan fingerprint density at radius 2 is 1.33 bits per heavy atom. The molecule has 0 fully saturated rings. The van der Waals surface area contributed by atoms with Crippen LogP contribution >= 0.6 is 0 Å². The number of benzene rings is 1. The number of aromatic carboxylic acids is 1. The number of carboxylic acid groups (broad SMARTS) is 1. The molecule has 1 amide bonds. The zero-order chi connectivity index (χ0) is 24.3. The lowest BCUT2D eigenvalue weighted by molar-refractivity contribution is 0.0689. The van der Waals surface area contributed by atoms with Gasteiger partial charge >= 0.3 is 18.2 Å². The van der Waals surface area contributed by atoms with Gasteiger partial charge in [0, 0.05) is 5.69 Å². The standard InChI is InChI=1S/C25H39NO7/c1-3-5-7-9-11-13-17-31-24(29)26-20-15-16-22(21(19-20)23(27)28)33-25(30)32-18-14-12-10-8-6-4-2/h15-16,19H,3-14,17-18H2,1-2H3,(H,26,29)(H,27,28). The van der Waals surface area contributed by atoms with Crippen molar-refractivity contribution in [3.05, 3.63) is 23.8 Å². The van der Waals surface area contributed by atoms with Crippen LogP contribution in [-0.4, -0.2) is 36.5 Å². The van der Waals surface area contributed by atoms with Gasteiger partial charge in [-0.15, -0.1) is 0 Å². The fourth-order valence-corrected chi connectivity index (χ4v) is 3.22. The SMILES string of the molecule is CCCCCCCCOC(=O)Nc1ccc(OC(=O)OCCCCCCCC)c(C(=O)O)c1. The normalized spacial score (nSPS) is 10.5. The van der Waals surface area contributed by atoms with Crippen LogP contribution in [-0.2, 0) is 9.47 Å². The van der Waals surface area contributed by atoms with Crippen molar-refractivity contribution in [3.63, 3.8) is 0 Å². The molecule has 0 saturated carbocycles. The summed E-state index contributed by atoms with van der Waals surface area (Å²) in [6.07, 6.45) is 11.2. The number of hydrogen-bond acceptors (Lipinski definition) is 6. The lowest BCUT2D eigenvalue weighted by atomic mass is 10.1. The van der Waals surface area contributed by atoms with E-state index in [1.807, 2.05) is 0 Å². The zero-order valence-corrected chi connectivity index (χ0v) is 20.0. The molecule has 33 heavy (non-hydrogen) atoms. The molecule has 0 aliphatic rings. The summed E-state index contributed by atoms with van der Waals surface area (Å²) in [5.74, 6) is -1.45. The Balaban J connectivity index is 2.43. The Labute approximate surface area is 197 Å². The van der Waals surface area contributed by atoms with Crippen LogP contribution in [0.15, 0.2) is 18.2 Å². The Bertz CT molecular complexity index is 721. The van der Waals surface area contributed by atoms with Gasteiger partial charge in [0.05, 0.1) is 13.2 Å². The van der Waals surface area contributed by atoms with Gasteiger partial charge < -0.3 is 19.3 Å². The van der Waals surface area contributed by atoms with Crippen LogP contribution in [0.1, 0.15) is 101 Å². The van der Waals surface area contributed by atoms with E-state index in [2.05, 4.69) is 19.2 Å². The number of amides is 1. The molecule has 0 aromatic heterocycles. The second kappa shape index (κ2) is 17.7. The van der Waals surface area contributed by atoms with E-state index in [4.69, 9.17) is 14.2 Å². The number of carboxylic acids is 1. The van der Waals surface area contributed by atoms with E-state index in [0.717, 1.165) is 44.9 Å². The maximum Gasteiger partial charge on any atom is 0.513 e. The van der Waals surface area contributed by atoms with Gasteiger partial charge in [-0.25, -0.2) is 14.4 Å². The topological polar surface area (TPSA) is 111 Å². The number of anilines is 1. The molecule has 186 valence electrons. The lowest BCUT2D eigenvalue weighted by Gasteiger charge is -2.11. The first-order chi connectivity index (χ1) is 16.0. The monoisotopic (exact) mass is 465 g/mol. The summed E-state index contributed by atoms with van der Waals surface area (Å²) in [5.41, 5.74) is -0.0339. The molecule has 8 heteroatoms. The Hall–Kier alpha value is -2.77. The Kier molecular flexibility index (Phi) is 15.2. The second-order valence-corrected chi connectivity index (χ2v) is 8.01. The van der Waals surface area contributed by atoms with E-state index in [9.17, 15) is 19.5 Å². The number of nitrogens with one attached hydrogen (secondary N) is 1. The molecule has 0 unspecified atom stereocenters. The van der Waals surface area contributed by atoms with E-state index in [1.54, 1.807) is 0 Å². The minimum absolute atomic E-state index is 0.151. The van der Waals surface area contributed by atoms with Gasteiger partial charge in [-0.3, -0.25) is 5.32 Å². The van der Waals surface area contributed by atoms with Crippen molar-refractivity contribution >= 4 is 23.9 Å². The average Bonchev–Trinajstić information content (AvgIpc) is 2.78. The Morgan fingerprint density at radius 1 is 0.788 bits per heavy atom. The van der Waals surface area contributed by atoms with E-state index in [-0.39, 0.29) is 23.6 Å². The van der Waals surface area contributed by atoms with Crippen molar-refractivity contribution in [2.24, 2.45) is 0 Å². The minimum atomic E-state index is -1.29. The van der Waals surface area contributed by atoms with Crippen molar-refractivity contribution in [2.45, 2.75) is 90.9 Å². The van der Waals surface area contributed by atoms with Crippen molar-refractivity contribution in [1.29, 1.82) is 0 Å². The quantitative estimate of drug-likeness (QED) is 0.142. The summed E-state index contributed by atoms with van der Waals surface area (Å²) in [6.45, 7) is 4.83. The Morgan fingerprint density at radius 3 is 1.91 bits per heavy atom. The third kappa shape index (κ3) is 13.4. The molecule has 2 N–H and O–H groups in total. The molecule has 1 rings (SSSR count). The summed E-state index contributed by atoms with van der Waals surface area (Å²) in [4.78, 5) is 35.4. The van der Waals surface area contributed by atoms with Crippen LogP contribution in [0, 0.1) is 0 Å². The molecular formula is C25H39NO7. The van der Waals surface area contributed by atoms with Gasteiger partial charge in [0.1, 0.15) is 11.3 Å². The van der Waals surface area contributed by atoms with E-state index in [0.29, 0.717) is 6.61 Å². The van der Waals surface area contributed by atoms with Gasteiger partial charge in [-0.05, 0) is 31.0 Å². The van der Waals surface area contributed by atoms with E-state index < -0.39 is 18.2 Å². The predicted molar refractivity (Wildman–Crippen MR) is 127 cm³/mol. The number of unbranched alkanes of at least 4 members (excludes halogenated alkanes) is 10. The summed E-state index contributed by atoms with van der Waals surface area (Å²) >= 11 is 0. The fraction of sp³-hybridized carbons (Fsp3) is 0.640. The minimum Gasteiger partial charge on any atom is -0.478 e. The van der Waals surface area contributed by atoms with E-state index >= 15 is 0 Å². The van der Waals surface area contributed by atoms with Gasteiger partial charge in [0.25, 0.3) is 0 Å². The number of carbonyl (C=O) groups is 3.